The fraction of sp³-hybridized carbons (Fsp3) is 0.118. The molecule has 8 heteroatoms. The molecule has 2 N–H and O–H groups in total. The van der Waals surface area contributed by atoms with Crippen molar-refractivity contribution in [1.82, 2.24) is 5.32 Å². The third kappa shape index (κ3) is 5.70. The van der Waals surface area contributed by atoms with Crippen molar-refractivity contribution in [2.75, 3.05) is 11.9 Å². The number of carbonyl (C=O) groups excluding carboxylic acids is 2. The predicted molar refractivity (Wildman–Crippen MR) is 103 cm³/mol. The molecule has 0 aliphatic heterocycles. The van der Waals surface area contributed by atoms with Crippen molar-refractivity contribution in [3.8, 4) is 0 Å². The van der Waals surface area contributed by atoms with E-state index in [-0.39, 0.29) is 5.11 Å². The van der Waals surface area contributed by atoms with E-state index >= 15 is 0 Å². The third-order valence-corrected chi connectivity index (χ3v) is 3.65. The second-order valence-corrected chi connectivity index (χ2v) is 6.15. The van der Waals surface area contributed by atoms with E-state index in [2.05, 4.69) is 10.6 Å². The fourth-order valence-corrected chi connectivity index (χ4v) is 2.66. The molecule has 0 atom stereocenters. The Bertz CT molecular complexity index is 790. The largest absolute Gasteiger partial charge is 0.462 e. The molecule has 0 aromatic heterocycles. The third-order valence-electron chi connectivity index (χ3n) is 3.01. The van der Waals surface area contributed by atoms with Crippen molar-refractivity contribution in [2.45, 2.75) is 6.92 Å². The standard InChI is InChI=1S/C17H14Cl2N2O3S/c1-2-24-16(23)10-3-5-14(6-4-10)20-17(25)21-15(22)11-7-12(18)9-13(19)8-11/h3-9H,2H2,1H3,(H2,20,21,22,25). The molecule has 5 nitrogen and oxygen atoms in total. The number of nitrogens with one attached hydrogen (secondary N) is 2. The van der Waals surface area contributed by atoms with Gasteiger partial charge in [-0.25, -0.2) is 4.79 Å². The second-order valence-electron chi connectivity index (χ2n) is 4.86. The molecule has 0 spiro atoms. The van der Waals surface area contributed by atoms with Crippen LogP contribution in [-0.2, 0) is 4.74 Å². The maximum absolute atomic E-state index is 12.1. The zero-order valence-corrected chi connectivity index (χ0v) is 15.5. The molecular weight excluding hydrogens is 383 g/mol. The van der Waals surface area contributed by atoms with Gasteiger partial charge in [-0.05, 0) is 61.6 Å². The van der Waals surface area contributed by atoms with Crippen LogP contribution in [0.15, 0.2) is 42.5 Å². The Kier molecular flexibility index (Phi) is 6.75. The fourth-order valence-electron chi connectivity index (χ4n) is 1.93. The Balaban J connectivity index is 1.97. The molecule has 0 aliphatic carbocycles. The van der Waals surface area contributed by atoms with Crippen molar-refractivity contribution < 1.29 is 14.3 Å². The van der Waals surface area contributed by atoms with Gasteiger partial charge in [0, 0.05) is 21.3 Å². The maximum Gasteiger partial charge on any atom is 0.338 e. The van der Waals surface area contributed by atoms with Crippen LogP contribution >= 0.6 is 35.4 Å². The number of anilines is 1. The van der Waals surface area contributed by atoms with Crippen LogP contribution in [0.2, 0.25) is 10.0 Å². The van der Waals surface area contributed by atoms with Crippen molar-refractivity contribution in [2.24, 2.45) is 0 Å². The first-order valence-electron chi connectivity index (χ1n) is 7.24. The van der Waals surface area contributed by atoms with E-state index in [1.54, 1.807) is 31.2 Å². The van der Waals surface area contributed by atoms with Gasteiger partial charge < -0.3 is 10.1 Å². The van der Waals surface area contributed by atoms with Crippen LogP contribution in [0.25, 0.3) is 0 Å². The van der Waals surface area contributed by atoms with Gasteiger partial charge in [-0.15, -0.1) is 0 Å². The minimum Gasteiger partial charge on any atom is -0.462 e. The molecular formula is C17H14Cl2N2O3S. The molecule has 130 valence electrons. The van der Waals surface area contributed by atoms with E-state index < -0.39 is 11.9 Å². The SMILES string of the molecule is CCOC(=O)c1ccc(NC(=S)NC(=O)c2cc(Cl)cc(Cl)c2)cc1. The number of amides is 1. The summed E-state index contributed by atoms with van der Waals surface area (Å²) < 4.78 is 4.91. The van der Waals surface area contributed by atoms with Gasteiger partial charge in [0.25, 0.3) is 5.91 Å². The minimum atomic E-state index is -0.440. The molecule has 0 fully saturated rings. The Morgan fingerprint density at radius 1 is 1.04 bits per heavy atom. The van der Waals surface area contributed by atoms with E-state index in [1.807, 2.05) is 0 Å². The quantitative estimate of drug-likeness (QED) is 0.595. The average Bonchev–Trinajstić information content (AvgIpc) is 2.54. The lowest BCUT2D eigenvalue weighted by Gasteiger charge is -2.10. The molecule has 0 saturated heterocycles. The van der Waals surface area contributed by atoms with Crippen LogP contribution in [0.1, 0.15) is 27.6 Å². The first kappa shape index (κ1) is 19.2. The number of hydrogen-bond acceptors (Lipinski definition) is 4. The smallest absolute Gasteiger partial charge is 0.338 e. The zero-order chi connectivity index (χ0) is 18.4. The number of hydrogen-bond donors (Lipinski definition) is 2. The summed E-state index contributed by atoms with van der Waals surface area (Å²) in [5.74, 6) is -0.840. The van der Waals surface area contributed by atoms with Gasteiger partial charge in [0.15, 0.2) is 5.11 Å². The van der Waals surface area contributed by atoms with E-state index in [1.165, 1.54) is 18.2 Å². The van der Waals surface area contributed by atoms with Gasteiger partial charge in [-0.1, -0.05) is 23.2 Å². The van der Waals surface area contributed by atoms with Gasteiger partial charge in [0.1, 0.15) is 0 Å². The zero-order valence-electron chi connectivity index (χ0n) is 13.1. The highest BCUT2D eigenvalue weighted by atomic mass is 35.5. The summed E-state index contributed by atoms with van der Waals surface area (Å²) >= 11 is 16.8. The number of benzene rings is 2. The summed E-state index contributed by atoms with van der Waals surface area (Å²) in [5.41, 5.74) is 1.33. The van der Waals surface area contributed by atoms with Gasteiger partial charge in [-0.2, -0.15) is 0 Å². The Morgan fingerprint density at radius 2 is 1.64 bits per heavy atom. The molecule has 0 saturated carbocycles. The van der Waals surface area contributed by atoms with Gasteiger partial charge in [-0.3, -0.25) is 10.1 Å². The first-order chi connectivity index (χ1) is 11.9. The second kappa shape index (κ2) is 8.80. The average molecular weight is 397 g/mol. The number of carbonyl (C=O) groups is 2. The Hall–Kier alpha value is -2.15. The number of rotatable bonds is 4. The van der Waals surface area contributed by atoms with E-state index in [4.69, 9.17) is 40.2 Å². The molecule has 0 heterocycles. The number of esters is 1. The molecule has 2 aromatic carbocycles. The summed E-state index contributed by atoms with van der Waals surface area (Å²) in [4.78, 5) is 23.7. The van der Waals surface area contributed by atoms with Crippen LogP contribution in [-0.4, -0.2) is 23.6 Å². The summed E-state index contributed by atoms with van der Waals surface area (Å²) in [6.45, 7) is 2.05. The highest BCUT2D eigenvalue weighted by Crippen LogP contribution is 2.19. The molecule has 0 radical (unpaired) electrons. The predicted octanol–water partition coefficient (Wildman–Crippen LogP) is 4.30. The minimum absolute atomic E-state index is 0.102. The molecule has 25 heavy (non-hydrogen) atoms. The summed E-state index contributed by atoms with van der Waals surface area (Å²) in [7, 11) is 0. The van der Waals surface area contributed by atoms with Crippen LogP contribution in [0.4, 0.5) is 5.69 Å². The van der Waals surface area contributed by atoms with Crippen molar-refractivity contribution in [1.29, 1.82) is 0 Å². The molecule has 0 unspecified atom stereocenters. The number of ether oxygens (including phenoxy) is 1. The van der Waals surface area contributed by atoms with Crippen molar-refractivity contribution in [3.63, 3.8) is 0 Å². The van der Waals surface area contributed by atoms with Gasteiger partial charge >= 0.3 is 5.97 Å². The normalized spacial score (nSPS) is 10.0. The highest BCUT2D eigenvalue weighted by Gasteiger charge is 2.11. The van der Waals surface area contributed by atoms with Crippen LogP contribution in [0, 0.1) is 0 Å². The number of halogens is 2. The molecule has 2 aromatic rings. The molecule has 2 rings (SSSR count). The van der Waals surface area contributed by atoms with Crippen molar-refractivity contribution >= 4 is 58.1 Å². The summed E-state index contributed by atoms with van der Waals surface area (Å²) in [6.07, 6.45) is 0. The number of thiocarbonyl (C=S) groups is 1. The van der Waals surface area contributed by atoms with E-state index in [9.17, 15) is 9.59 Å². The molecule has 1 amide bonds. The summed E-state index contributed by atoms with van der Waals surface area (Å²) in [5, 5.41) is 6.19. The van der Waals surface area contributed by atoms with E-state index in [0.29, 0.717) is 33.5 Å². The first-order valence-corrected chi connectivity index (χ1v) is 8.41. The summed E-state index contributed by atoms with van der Waals surface area (Å²) in [6, 6.07) is 11.0. The lowest BCUT2D eigenvalue weighted by molar-refractivity contribution is 0.0526. The van der Waals surface area contributed by atoms with Crippen LogP contribution < -0.4 is 10.6 Å². The van der Waals surface area contributed by atoms with E-state index in [0.717, 1.165) is 0 Å². The Morgan fingerprint density at radius 3 is 2.20 bits per heavy atom. The van der Waals surface area contributed by atoms with Crippen LogP contribution in [0.3, 0.4) is 0 Å². The highest BCUT2D eigenvalue weighted by molar-refractivity contribution is 7.80. The molecule has 0 bridgehead atoms. The Labute approximate surface area is 160 Å². The molecule has 0 aliphatic rings. The van der Waals surface area contributed by atoms with Gasteiger partial charge in [0.2, 0.25) is 0 Å². The van der Waals surface area contributed by atoms with Crippen LogP contribution in [0.5, 0.6) is 0 Å². The maximum atomic E-state index is 12.1. The van der Waals surface area contributed by atoms with Crippen molar-refractivity contribution in [3.05, 3.63) is 63.6 Å². The topological polar surface area (TPSA) is 67.4 Å². The lowest BCUT2D eigenvalue weighted by atomic mass is 10.2. The monoisotopic (exact) mass is 396 g/mol. The lowest BCUT2D eigenvalue weighted by Crippen LogP contribution is -2.34. The van der Waals surface area contributed by atoms with Gasteiger partial charge in [0.05, 0.1) is 12.2 Å².